The molecule has 0 aliphatic carbocycles. The van der Waals surface area contributed by atoms with Crippen LogP contribution in [0.1, 0.15) is 22.0 Å². The molecule has 25 heavy (non-hydrogen) atoms. The van der Waals surface area contributed by atoms with Gasteiger partial charge in [-0.1, -0.05) is 11.6 Å². The van der Waals surface area contributed by atoms with Crippen LogP contribution < -0.4 is 10.1 Å². The maximum absolute atomic E-state index is 12.2. The Morgan fingerprint density at radius 1 is 1.32 bits per heavy atom. The fourth-order valence-electron chi connectivity index (χ4n) is 2.15. The number of nitrogens with one attached hydrogen (secondary N) is 1. The lowest BCUT2D eigenvalue weighted by atomic mass is 10.3. The van der Waals surface area contributed by atoms with Crippen molar-refractivity contribution < 1.29 is 13.9 Å². The van der Waals surface area contributed by atoms with Crippen LogP contribution in [0.25, 0.3) is 0 Å². The van der Waals surface area contributed by atoms with Crippen LogP contribution in [0.3, 0.4) is 0 Å². The first-order valence-electron chi connectivity index (χ1n) is 7.44. The number of benzene rings is 1. The molecule has 3 rings (SSSR count). The van der Waals surface area contributed by atoms with Gasteiger partial charge in [-0.2, -0.15) is 5.10 Å². The predicted octanol–water partition coefficient (Wildman–Crippen LogP) is 3.94. The Morgan fingerprint density at radius 3 is 2.76 bits per heavy atom. The first kappa shape index (κ1) is 17.6. The molecule has 1 N–H and O–H groups in total. The van der Waals surface area contributed by atoms with Crippen LogP contribution in [0.5, 0.6) is 5.75 Å². The molecule has 0 radical (unpaired) electrons. The van der Waals surface area contributed by atoms with Crippen molar-refractivity contribution in [2.75, 3.05) is 0 Å². The summed E-state index contributed by atoms with van der Waals surface area (Å²) >= 11 is 9.22. The maximum Gasteiger partial charge on any atom is 0.287 e. The highest BCUT2D eigenvalue weighted by atomic mass is 79.9. The van der Waals surface area contributed by atoms with Crippen LogP contribution in [0, 0.1) is 0 Å². The third-order valence-corrected chi connectivity index (χ3v) is 4.42. The van der Waals surface area contributed by atoms with E-state index < -0.39 is 0 Å². The summed E-state index contributed by atoms with van der Waals surface area (Å²) in [6, 6.07) is 10.4. The number of carbonyl (C=O) groups is 1. The summed E-state index contributed by atoms with van der Waals surface area (Å²) in [5.74, 6) is 1.16. The number of carbonyl (C=O) groups excluding carboxylic acids is 1. The number of rotatable bonds is 6. The van der Waals surface area contributed by atoms with Crippen molar-refractivity contribution in [1.82, 2.24) is 15.1 Å². The number of hydrogen-bond donors (Lipinski definition) is 1. The van der Waals surface area contributed by atoms with Crippen molar-refractivity contribution in [2.45, 2.75) is 13.2 Å². The number of aromatic nitrogens is 2. The van der Waals surface area contributed by atoms with Gasteiger partial charge in [-0.05, 0) is 52.3 Å². The standard InChI is InChI=1S/C17H15BrClN3O3/c1-22-15(14(18)8-21-22)9-20-17(23)16-7-6-13(25-16)10-24-12-4-2-11(19)3-5-12/h2-8H,9-10H2,1H3,(H,20,23). The van der Waals surface area contributed by atoms with E-state index in [-0.39, 0.29) is 18.3 Å². The lowest BCUT2D eigenvalue weighted by molar-refractivity contribution is 0.0918. The number of amides is 1. The zero-order valence-electron chi connectivity index (χ0n) is 13.3. The Hall–Kier alpha value is -2.25. The average Bonchev–Trinajstić information content (AvgIpc) is 3.20. The smallest absolute Gasteiger partial charge is 0.287 e. The molecule has 0 saturated heterocycles. The van der Waals surface area contributed by atoms with Crippen LogP contribution in [-0.4, -0.2) is 15.7 Å². The quantitative estimate of drug-likeness (QED) is 0.651. The molecule has 8 heteroatoms. The van der Waals surface area contributed by atoms with Crippen molar-refractivity contribution in [2.24, 2.45) is 7.05 Å². The molecule has 0 spiro atoms. The fraction of sp³-hybridized carbons (Fsp3) is 0.176. The van der Waals surface area contributed by atoms with Crippen LogP contribution >= 0.6 is 27.5 Å². The zero-order chi connectivity index (χ0) is 17.8. The van der Waals surface area contributed by atoms with Gasteiger partial charge in [-0.3, -0.25) is 9.48 Å². The molecule has 2 heterocycles. The van der Waals surface area contributed by atoms with Gasteiger partial charge in [0.05, 0.1) is 22.9 Å². The van der Waals surface area contributed by atoms with Crippen molar-refractivity contribution >= 4 is 33.4 Å². The number of nitrogens with zero attached hydrogens (tertiary/aromatic N) is 2. The van der Waals surface area contributed by atoms with Crippen LogP contribution in [0.2, 0.25) is 5.02 Å². The topological polar surface area (TPSA) is 69.3 Å². The van der Waals surface area contributed by atoms with E-state index in [0.717, 1.165) is 10.2 Å². The molecule has 0 aliphatic rings. The molecule has 0 aliphatic heterocycles. The van der Waals surface area contributed by atoms with Gasteiger partial charge in [-0.25, -0.2) is 0 Å². The van der Waals surface area contributed by atoms with Gasteiger partial charge in [0.15, 0.2) is 5.76 Å². The van der Waals surface area contributed by atoms with Gasteiger partial charge in [0.1, 0.15) is 18.1 Å². The fourth-order valence-corrected chi connectivity index (χ4v) is 2.76. The second-order valence-corrected chi connectivity index (χ2v) is 6.54. The van der Waals surface area contributed by atoms with E-state index in [9.17, 15) is 4.79 Å². The summed E-state index contributed by atoms with van der Waals surface area (Å²) < 4.78 is 13.6. The van der Waals surface area contributed by atoms with E-state index in [1.54, 1.807) is 47.3 Å². The summed E-state index contributed by atoms with van der Waals surface area (Å²) in [5, 5.41) is 7.54. The Labute approximate surface area is 157 Å². The Balaban J connectivity index is 1.55. The number of halogens is 2. The minimum Gasteiger partial charge on any atom is -0.486 e. The van der Waals surface area contributed by atoms with Crippen molar-refractivity contribution in [3.05, 3.63) is 69.3 Å². The van der Waals surface area contributed by atoms with Gasteiger partial charge in [0.25, 0.3) is 5.91 Å². The number of furan rings is 1. The monoisotopic (exact) mass is 423 g/mol. The Bertz CT molecular complexity index is 854. The molecule has 130 valence electrons. The molecule has 0 bridgehead atoms. The van der Waals surface area contributed by atoms with E-state index >= 15 is 0 Å². The van der Waals surface area contributed by atoms with Gasteiger partial charge >= 0.3 is 0 Å². The Morgan fingerprint density at radius 2 is 2.08 bits per heavy atom. The van der Waals surface area contributed by atoms with Crippen molar-refractivity contribution in [3.8, 4) is 5.75 Å². The molecule has 6 nitrogen and oxygen atoms in total. The van der Waals surface area contributed by atoms with Crippen molar-refractivity contribution in [1.29, 1.82) is 0 Å². The summed E-state index contributed by atoms with van der Waals surface area (Å²) in [5.41, 5.74) is 0.867. The zero-order valence-corrected chi connectivity index (χ0v) is 15.7. The highest BCUT2D eigenvalue weighted by molar-refractivity contribution is 9.10. The van der Waals surface area contributed by atoms with Crippen molar-refractivity contribution in [3.63, 3.8) is 0 Å². The molecule has 0 unspecified atom stereocenters. The predicted molar refractivity (Wildman–Crippen MR) is 96.6 cm³/mol. The summed E-state index contributed by atoms with van der Waals surface area (Å²) in [6.07, 6.45) is 1.68. The van der Waals surface area contributed by atoms with E-state index in [0.29, 0.717) is 23.1 Å². The number of hydrogen-bond acceptors (Lipinski definition) is 4. The van der Waals surface area contributed by atoms with E-state index in [4.69, 9.17) is 20.8 Å². The molecule has 0 atom stereocenters. The van der Waals surface area contributed by atoms with Gasteiger partial charge in [-0.15, -0.1) is 0 Å². The van der Waals surface area contributed by atoms with Gasteiger partial charge in [0, 0.05) is 12.1 Å². The summed E-state index contributed by atoms with van der Waals surface area (Å²) in [7, 11) is 1.81. The molecular weight excluding hydrogens is 410 g/mol. The second kappa shape index (κ2) is 7.76. The summed E-state index contributed by atoms with van der Waals surface area (Å²) in [4.78, 5) is 12.2. The third kappa shape index (κ3) is 4.43. The SMILES string of the molecule is Cn1ncc(Br)c1CNC(=O)c1ccc(COc2ccc(Cl)cc2)o1. The molecule has 1 amide bonds. The van der Waals surface area contributed by atoms with Crippen LogP contribution in [-0.2, 0) is 20.2 Å². The average molecular weight is 425 g/mol. The van der Waals surface area contributed by atoms with Gasteiger partial charge in [0.2, 0.25) is 0 Å². The molecular formula is C17H15BrClN3O3. The third-order valence-electron chi connectivity index (χ3n) is 3.51. The minimum absolute atomic E-state index is 0.224. The number of aryl methyl sites for hydroxylation is 1. The van der Waals surface area contributed by atoms with E-state index in [1.807, 2.05) is 7.05 Å². The molecule has 2 aromatic heterocycles. The highest BCUT2D eigenvalue weighted by Crippen LogP contribution is 2.18. The maximum atomic E-state index is 12.2. The first-order valence-corrected chi connectivity index (χ1v) is 8.61. The lowest BCUT2D eigenvalue weighted by Gasteiger charge is -2.05. The van der Waals surface area contributed by atoms with E-state index in [2.05, 4.69) is 26.3 Å². The normalized spacial score (nSPS) is 10.7. The lowest BCUT2D eigenvalue weighted by Crippen LogP contribution is -2.23. The van der Waals surface area contributed by atoms with Gasteiger partial charge < -0.3 is 14.5 Å². The van der Waals surface area contributed by atoms with Crippen LogP contribution in [0.4, 0.5) is 0 Å². The highest BCUT2D eigenvalue weighted by Gasteiger charge is 2.13. The molecule has 0 fully saturated rings. The number of ether oxygens (including phenoxy) is 1. The largest absolute Gasteiger partial charge is 0.486 e. The summed E-state index contributed by atoms with van der Waals surface area (Å²) in [6.45, 7) is 0.565. The molecule has 1 aromatic carbocycles. The molecule has 3 aromatic rings. The minimum atomic E-state index is -0.300. The second-order valence-electron chi connectivity index (χ2n) is 5.25. The first-order chi connectivity index (χ1) is 12.0. The Kier molecular flexibility index (Phi) is 5.45. The van der Waals surface area contributed by atoms with E-state index in [1.165, 1.54) is 0 Å². The van der Waals surface area contributed by atoms with Crippen LogP contribution in [0.15, 0.2) is 51.5 Å². The molecule has 0 saturated carbocycles.